The molecule has 0 radical (unpaired) electrons. The Bertz CT molecular complexity index is 889. The third kappa shape index (κ3) is 2.89. The molecule has 0 bridgehead atoms. The van der Waals surface area contributed by atoms with E-state index in [4.69, 9.17) is 0 Å². The predicted molar refractivity (Wildman–Crippen MR) is 99.9 cm³/mol. The highest BCUT2D eigenvalue weighted by atomic mass is 79.9. The molecule has 0 fully saturated rings. The summed E-state index contributed by atoms with van der Waals surface area (Å²) in [4.78, 5) is 19.6. The van der Waals surface area contributed by atoms with Crippen LogP contribution in [0.15, 0.2) is 71.6 Å². The van der Waals surface area contributed by atoms with E-state index in [2.05, 4.69) is 40.0 Å². The molecule has 4 rings (SSSR count). The standard InChI is InChI=1S/C20H18BrN3O/c1-14(15-5-3-2-4-6-15)23-12-18-11-22-13-24(18)19(20(23)25)16-7-9-17(21)10-8-16/h2-11,13-14,19H,12H2,1H3/t14-,19+/m1/s1. The van der Waals surface area contributed by atoms with Gasteiger partial charge in [0, 0.05) is 10.7 Å². The maximum Gasteiger partial charge on any atom is 0.251 e. The van der Waals surface area contributed by atoms with E-state index < -0.39 is 0 Å². The molecule has 0 N–H and O–H groups in total. The molecule has 126 valence electrons. The van der Waals surface area contributed by atoms with Gasteiger partial charge in [0.2, 0.25) is 0 Å². The first-order valence-corrected chi connectivity index (χ1v) is 9.06. The SMILES string of the molecule is C[C@H](c1ccccc1)N1Cc2cncn2[C@@H](c2ccc(Br)cc2)C1=O. The van der Waals surface area contributed by atoms with Crippen LogP contribution in [0.25, 0.3) is 0 Å². The van der Waals surface area contributed by atoms with Gasteiger partial charge in [0.05, 0.1) is 24.6 Å². The van der Waals surface area contributed by atoms with Crippen LogP contribution in [0.4, 0.5) is 0 Å². The first kappa shape index (κ1) is 16.1. The highest BCUT2D eigenvalue weighted by molar-refractivity contribution is 9.10. The minimum Gasteiger partial charge on any atom is -0.328 e. The Hall–Kier alpha value is -2.40. The molecule has 2 heterocycles. The highest BCUT2D eigenvalue weighted by Gasteiger charge is 2.36. The van der Waals surface area contributed by atoms with Crippen molar-refractivity contribution in [3.8, 4) is 0 Å². The number of carbonyl (C=O) groups excluding carboxylic acids is 1. The molecule has 0 saturated heterocycles. The number of hydrogen-bond donors (Lipinski definition) is 0. The highest BCUT2D eigenvalue weighted by Crippen LogP contribution is 2.33. The zero-order chi connectivity index (χ0) is 17.4. The molecule has 2 aromatic carbocycles. The quantitative estimate of drug-likeness (QED) is 0.661. The minimum atomic E-state index is -0.370. The van der Waals surface area contributed by atoms with Gasteiger partial charge in [-0.3, -0.25) is 4.79 Å². The van der Waals surface area contributed by atoms with Crippen LogP contribution in [-0.4, -0.2) is 20.4 Å². The number of rotatable bonds is 3. The van der Waals surface area contributed by atoms with Crippen molar-refractivity contribution >= 4 is 21.8 Å². The van der Waals surface area contributed by atoms with Crippen molar-refractivity contribution in [3.05, 3.63) is 88.4 Å². The Balaban J connectivity index is 1.75. The van der Waals surface area contributed by atoms with E-state index in [-0.39, 0.29) is 18.0 Å². The fourth-order valence-electron chi connectivity index (χ4n) is 3.40. The summed E-state index contributed by atoms with van der Waals surface area (Å²) in [6.45, 7) is 2.65. The van der Waals surface area contributed by atoms with Crippen LogP contribution in [0.1, 0.15) is 35.8 Å². The molecule has 1 aliphatic heterocycles. The maximum atomic E-state index is 13.4. The molecule has 5 heteroatoms. The third-order valence-electron chi connectivity index (χ3n) is 4.81. The Labute approximate surface area is 155 Å². The van der Waals surface area contributed by atoms with Crippen molar-refractivity contribution in [2.75, 3.05) is 0 Å². The van der Waals surface area contributed by atoms with Gasteiger partial charge in [0.25, 0.3) is 5.91 Å². The second-order valence-electron chi connectivity index (χ2n) is 6.30. The van der Waals surface area contributed by atoms with Gasteiger partial charge in [-0.2, -0.15) is 0 Å². The maximum absolute atomic E-state index is 13.4. The van der Waals surface area contributed by atoms with Crippen molar-refractivity contribution < 1.29 is 4.79 Å². The van der Waals surface area contributed by atoms with Crippen LogP contribution in [0, 0.1) is 0 Å². The average Bonchev–Trinajstić information content (AvgIpc) is 3.10. The van der Waals surface area contributed by atoms with Gasteiger partial charge in [-0.1, -0.05) is 58.4 Å². The Kier molecular flexibility index (Phi) is 4.17. The molecule has 4 nitrogen and oxygen atoms in total. The minimum absolute atomic E-state index is 0.00954. The summed E-state index contributed by atoms with van der Waals surface area (Å²) >= 11 is 3.46. The number of carbonyl (C=O) groups is 1. The number of fused-ring (bicyclic) bond motifs is 1. The van der Waals surface area contributed by atoms with Gasteiger partial charge in [-0.25, -0.2) is 4.98 Å². The van der Waals surface area contributed by atoms with Crippen molar-refractivity contribution in [1.29, 1.82) is 0 Å². The molecule has 3 aromatic rings. The number of halogens is 1. The van der Waals surface area contributed by atoms with Crippen molar-refractivity contribution in [1.82, 2.24) is 14.5 Å². The lowest BCUT2D eigenvalue weighted by Crippen LogP contribution is -2.43. The number of benzene rings is 2. The van der Waals surface area contributed by atoms with E-state index >= 15 is 0 Å². The van der Waals surface area contributed by atoms with E-state index in [1.165, 1.54) is 0 Å². The van der Waals surface area contributed by atoms with Gasteiger partial charge in [0.15, 0.2) is 0 Å². The van der Waals surface area contributed by atoms with Crippen molar-refractivity contribution in [3.63, 3.8) is 0 Å². The third-order valence-corrected chi connectivity index (χ3v) is 5.34. The second kappa shape index (κ2) is 6.48. The summed E-state index contributed by atoms with van der Waals surface area (Å²) in [5.41, 5.74) is 3.16. The predicted octanol–water partition coefficient (Wildman–Crippen LogP) is 4.34. The molecular formula is C20H18BrN3O. The Morgan fingerprint density at radius 1 is 1.12 bits per heavy atom. The molecule has 0 unspecified atom stereocenters. The largest absolute Gasteiger partial charge is 0.328 e. The lowest BCUT2D eigenvalue weighted by molar-refractivity contribution is -0.138. The lowest BCUT2D eigenvalue weighted by Gasteiger charge is -2.38. The van der Waals surface area contributed by atoms with Gasteiger partial charge >= 0.3 is 0 Å². The zero-order valence-corrected chi connectivity index (χ0v) is 15.4. The average molecular weight is 396 g/mol. The number of amides is 1. The molecule has 1 aliphatic rings. The number of hydrogen-bond acceptors (Lipinski definition) is 2. The molecule has 2 atom stereocenters. The molecule has 25 heavy (non-hydrogen) atoms. The van der Waals surface area contributed by atoms with Crippen LogP contribution in [0.3, 0.4) is 0 Å². The first-order valence-electron chi connectivity index (χ1n) is 8.27. The van der Waals surface area contributed by atoms with Gasteiger partial charge < -0.3 is 9.47 Å². The van der Waals surface area contributed by atoms with Crippen LogP contribution in [-0.2, 0) is 11.3 Å². The van der Waals surface area contributed by atoms with Gasteiger partial charge in [-0.15, -0.1) is 0 Å². The van der Waals surface area contributed by atoms with Crippen molar-refractivity contribution in [2.45, 2.75) is 25.6 Å². The van der Waals surface area contributed by atoms with E-state index in [1.807, 2.05) is 58.1 Å². The molecule has 0 saturated carbocycles. The fourth-order valence-corrected chi connectivity index (χ4v) is 3.67. The van der Waals surface area contributed by atoms with Crippen LogP contribution in [0.2, 0.25) is 0 Å². The topological polar surface area (TPSA) is 38.1 Å². The zero-order valence-electron chi connectivity index (χ0n) is 13.8. The van der Waals surface area contributed by atoms with Gasteiger partial charge in [0.1, 0.15) is 6.04 Å². The first-order chi connectivity index (χ1) is 12.1. The van der Waals surface area contributed by atoms with Crippen LogP contribution < -0.4 is 0 Å². The molecule has 1 amide bonds. The summed E-state index contributed by atoms with van der Waals surface area (Å²) in [5, 5.41) is 0. The molecule has 0 spiro atoms. The number of imidazole rings is 1. The summed E-state index contributed by atoms with van der Waals surface area (Å²) in [6, 6.07) is 17.7. The molecule has 0 aliphatic carbocycles. The van der Waals surface area contributed by atoms with Gasteiger partial charge in [-0.05, 0) is 30.2 Å². The van der Waals surface area contributed by atoms with Crippen LogP contribution >= 0.6 is 15.9 Å². The summed E-state index contributed by atoms with van der Waals surface area (Å²) in [5.74, 6) is 0.101. The molecule has 1 aromatic heterocycles. The van der Waals surface area contributed by atoms with E-state index in [0.717, 1.165) is 21.3 Å². The number of nitrogens with zero attached hydrogens (tertiary/aromatic N) is 3. The van der Waals surface area contributed by atoms with Crippen molar-refractivity contribution in [2.24, 2.45) is 0 Å². The van der Waals surface area contributed by atoms with E-state index in [0.29, 0.717) is 6.54 Å². The Morgan fingerprint density at radius 2 is 1.84 bits per heavy atom. The lowest BCUT2D eigenvalue weighted by atomic mass is 9.99. The summed E-state index contributed by atoms with van der Waals surface area (Å²) in [6.07, 6.45) is 3.60. The summed E-state index contributed by atoms with van der Waals surface area (Å²) < 4.78 is 2.99. The Morgan fingerprint density at radius 3 is 2.56 bits per heavy atom. The normalized spacial score (nSPS) is 18.1. The fraction of sp³-hybridized carbons (Fsp3) is 0.200. The number of aromatic nitrogens is 2. The van der Waals surface area contributed by atoms with Crippen LogP contribution in [0.5, 0.6) is 0 Å². The summed E-state index contributed by atoms with van der Waals surface area (Å²) in [7, 11) is 0. The van der Waals surface area contributed by atoms with E-state index in [1.54, 1.807) is 6.33 Å². The molecular weight excluding hydrogens is 378 g/mol. The second-order valence-corrected chi connectivity index (χ2v) is 7.21. The smallest absolute Gasteiger partial charge is 0.251 e. The van der Waals surface area contributed by atoms with E-state index in [9.17, 15) is 4.79 Å². The monoisotopic (exact) mass is 395 g/mol.